The van der Waals surface area contributed by atoms with Crippen LogP contribution in [0.2, 0.25) is 0 Å². The van der Waals surface area contributed by atoms with Gasteiger partial charge in [0, 0.05) is 25.6 Å². The summed E-state index contributed by atoms with van der Waals surface area (Å²) in [5, 5.41) is 3.07. The normalized spacial score (nSPS) is 12.8. The Labute approximate surface area is 109 Å². The molecule has 0 saturated heterocycles. The first-order valence-corrected chi connectivity index (χ1v) is 5.69. The van der Waals surface area contributed by atoms with Gasteiger partial charge in [0.05, 0.1) is 0 Å². The Bertz CT molecular complexity index is 440. The number of rotatable bonds is 6. The van der Waals surface area contributed by atoms with Gasteiger partial charge in [0.15, 0.2) is 0 Å². The van der Waals surface area contributed by atoms with Crippen molar-refractivity contribution in [1.29, 1.82) is 0 Å². The fourth-order valence-corrected chi connectivity index (χ4v) is 1.58. The zero-order chi connectivity index (χ0) is 14.3. The van der Waals surface area contributed by atoms with Crippen LogP contribution < -0.4 is 15.8 Å². The van der Waals surface area contributed by atoms with Gasteiger partial charge in [-0.05, 0) is 17.7 Å². The van der Waals surface area contributed by atoms with Crippen molar-refractivity contribution in [3.05, 3.63) is 29.8 Å². The summed E-state index contributed by atoms with van der Waals surface area (Å²) in [5.41, 5.74) is 6.21. The molecule has 1 unspecified atom stereocenters. The molecule has 1 aromatic rings. The van der Waals surface area contributed by atoms with Crippen LogP contribution in [0, 0.1) is 12.3 Å². The minimum Gasteiger partial charge on any atom is -0.406 e. The van der Waals surface area contributed by atoms with E-state index in [0.717, 1.165) is 0 Å². The fourth-order valence-electron chi connectivity index (χ4n) is 1.58. The maximum Gasteiger partial charge on any atom is 0.573 e. The van der Waals surface area contributed by atoms with Crippen molar-refractivity contribution in [2.75, 3.05) is 13.1 Å². The summed E-state index contributed by atoms with van der Waals surface area (Å²) in [6.07, 6.45) is 0.945. The molecule has 0 amide bonds. The van der Waals surface area contributed by atoms with Crippen molar-refractivity contribution in [3.63, 3.8) is 0 Å². The van der Waals surface area contributed by atoms with Crippen molar-refractivity contribution in [1.82, 2.24) is 5.32 Å². The van der Waals surface area contributed by atoms with Gasteiger partial charge in [0.25, 0.3) is 0 Å². The fraction of sp³-hybridized carbons (Fsp3) is 0.385. The average Bonchev–Trinajstić information content (AvgIpc) is 2.33. The van der Waals surface area contributed by atoms with Gasteiger partial charge >= 0.3 is 6.36 Å². The van der Waals surface area contributed by atoms with Crippen LogP contribution in [0.4, 0.5) is 13.2 Å². The van der Waals surface area contributed by atoms with Crippen LogP contribution in [0.1, 0.15) is 18.0 Å². The van der Waals surface area contributed by atoms with Crippen molar-refractivity contribution in [2.24, 2.45) is 5.73 Å². The van der Waals surface area contributed by atoms with Crippen molar-refractivity contribution < 1.29 is 17.9 Å². The van der Waals surface area contributed by atoms with Crippen LogP contribution >= 0.6 is 0 Å². The molecule has 1 aromatic carbocycles. The average molecular weight is 272 g/mol. The number of hydrogen-bond acceptors (Lipinski definition) is 3. The highest BCUT2D eigenvalue weighted by Crippen LogP contribution is 2.25. The van der Waals surface area contributed by atoms with Gasteiger partial charge in [0.2, 0.25) is 0 Å². The minimum atomic E-state index is -4.70. The van der Waals surface area contributed by atoms with E-state index in [9.17, 15) is 13.2 Å². The van der Waals surface area contributed by atoms with E-state index < -0.39 is 6.36 Å². The topological polar surface area (TPSA) is 47.3 Å². The summed E-state index contributed by atoms with van der Waals surface area (Å²) in [4.78, 5) is 0. The second kappa shape index (κ2) is 7.02. The predicted octanol–water partition coefficient (Wildman–Crippen LogP) is 2.20. The summed E-state index contributed by atoms with van der Waals surface area (Å²) in [7, 11) is 0. The second-order valence-electron chi connectivity index (χ2n) is 3.82. The lowest BCUT2D eigenvalue weighted by Gasteiger charge is -2.18. The van der Waals surface area contributed by atoms with Crippen LogP contribution in [-0.4, -0.2) is 19.5 Å². The molecule has 0 bridgehead atoms. The Morgan fingerprint density at radius 3 is 2.74 bits per heavy atom. The van der Waals surface area contributed by atoms with Crippen molar-refractivity contribution >= 4 is 0 Å². The van der Waals surface area contributed by atoms with Gasteiger partial charge in [-0.25, -0.2) is 0 Å². The number of benzene rings is 1. The Balaban J connectivity index is 2.75. The van der Waals surface area contributed by atoms with Crippen LogP contribution in [0.15, 0.2) is 24.3 Å². The van der Waals surface area contributed by atoms with Crippen LogP contribution in [0.25, 0.3) is 0 Å². The molecular weight excluding hydrogens is 257 g/mol. The van der Waals surface area contributed by atoms with Gasteiger partial charge in [-0.2, -0.15) is 0 Å². The lowest BCUT2D eigenvalue weighted by molar-refractivity contribution is -0.274. The smallest absolute Gasteiger partial charge is 0.406 e. The highest BCUT2D eigenvalue weighted by molar-refractivity contribution is 5.31. The molecule has 0 spiro atoms. The summed E-state index contributed by atoms with van der Waals surface area (Å²) in [6.45, 7) is 0.794. The van der Waals surface area contributed by atoms with Crippen molar-refractivity contribution in [3.8, 4) is 18.1 Å². The quantitative estimate of drug-likeness (QED) is 0.616. The second-order valence-corrected chi connectivity index (χ2v) is 3.82. The lowest BCUT2D eigenvalue weighted by Crippen LogP contribution is -2.29. The molecule has 104 valence electrons. The Kier molecular flexibility index (Phi) is 5.67. The summed E-state index contributed by atoms with van der Waals surface area (Å²) < 4.78 is 40.2. The van der Waals surface area contributed by atoms with E-state index in [-0.39, 0.29) is 18.3 Å². The maximum atomic E-state index is 12.1. The maximum absolute atomic E-state index is 12.1. The SMILES string of the molecule is C#CCCNC(CN)c1cccc(OC(F)(F)F)c1. The molecule has 1 atom stereocenters. The molecule has 0 radical (unpaired) electrons. The first kappa shape index (κ1) is 15.3. The highest BCUT2D eigenvalue weighted by Gasteiger charge is 2.31. The molecule has 1 rings (SSSR count). The van der Waals surface area contributed by atoms with Crippen molar-refractivity contribution in [2.45, 2.75) is 18.8 Å². The summed E-state index contributed by atoms with van der Waals surface area (Å²) >= 11 is 0. The molecular formula is C13H15F3N2O. The Morgan fingerprint density at radius 2 is 2.16 bits per heavy atom. The van der Waals surface area contributed by atoms with Gasteiger partial charge in [-0.1, -0.05) is 12.1 Å². The number of nitrogens with one attached hydrogen (secondary N) is 1. The van der Waals surface area contributed by atoms with Crippen LogP contribution in [0.5, 0.6) is 5.75 Å². The van der Waals surface area contributed by atoms with Gasteiger partial charge in [-0.3, -0.25) is 0 Å². The molecule has 19 heavy (non-hydrogen) atoms. The first-order chi connectivity index (χ1) is 8.96. The third-order valence-electron chi connectivity index (χ3n) is 2.39. The Hall–Kier alpha value is -1.71. The lowest BCUT2D eigenvalue weighted by atomic mass is 10.1. The highest BCUT2D eigenvalue weighted by atomic mass is 19.4. The molecule has 6 heteroatoms. The molecule has 0 fully saturated rings. The van der Waals surface area contributed by atoms with E-state index in [2.05, 4.69) is 16.0 Å². The number of hydrogen-bond donors (Lipinski definition) is 2. The molecule has 0 saturated carbocycles. The predicted molar refractivity (Wildman–Crippen MR) is 66.4 cm³/mol. The zero-order valence-electron chi connectivity index (χ0n) is 10.2. The van der Waals surface area contributed by atoms with Gasteiger partial charge in [-0.15, -0.1) is 25.5 Å². The molecule has 0 aromatic heterocycles. The standard InChI is InChI=1S/C13H15F3N2O/c1-2-3-7-18-12(9-17)10-5-4-6-11(8-10)19-13(14,15)16/h1,4-6,8,12,18H,3,7,9,17H2. The van der Waals surface area contributed by atoms with E-state index in [1.165, 1.54) is 18.2 Å². The van der Waals surface area contributed by atoms with E-state index in [0.29, 0.717) is 18.5 Å². The summed E-state index contributed by atoms with van der Waals surface area (Å²) in [6, 6.07) is 5.47. The van der Waals surface area contributed by atoms with Crippen LogP contribution in [-0.2, 0) is 0 Å². The Morgan fingerprint density at radius 1 is 1.42 bits per heavy atom. The number of terminal acetylenes is 1. The zero-order valence-corrected chi connectivity index (χ0v) is 10.2. The van der Waals surface area contributed by atoms with E-state index in [4.69, 9.17) is 12.2 Å². The third kappa shape index (κ3) is 5.64. The summed E-state index contributed by atoms with van der Waals surface area (Å²) in [5.74, 6) is 2.20. The number of alkyl halides is 3. The van der Waals surface area contributed by atoms with Gasteiger partial charge < -0.3 is 15.8 Å². The molecule has 0 aliphatic rings. The van der Waals surface area contributed by atoms with Crippen LogP contribution in [0.3, 0.4) is 0 Å². The molecule has 3 nitrogen and oxygen atoms in total. The van der Waals surface area contributed by atoms with E-state index >= 15 is 0 Å². The van der Waals surface area contributed by atoms with E-state index in [1.54, 1.807) is 6.07 Å². The molecule has 0 aliphatic heterocycles. The van der Waals surface area contributed by atoms with E-state index in [1.807, 2.05) is 0 Å². The van der Waals surface area contributed by atoms with Gasteiger partial charge in [0.1, 0.15) is 5.75 Å². The number of ether oxygens (including phenoxy) is 1. The third-order valence-corrected chi connectivity index (χ3v) is 2.39. The minimum absolute atomic E-state index is 0.250. The monoisotopic (exact) mass is 272 g/mol. The number of nitrogens with two attached hydrogens (primary N) is 1. The molecule has 0 aliphatic carbocycles. The largest absolute Gasteiger partial charge is 0.573 e. The number of halogens is 3. The first-order valence-electron chi connectivity index (χ1n) is 5.69. The molecule has 0 heterocycles. The molecule has 3 N–H and O–H groups in total.